The van der Waals surface area contributed by atoms with Crippen LogP contribution in [0.3, 0.4) is 0 Å². The Bertz CT molecular complexity index is 1020. The molecule has 2 aliphatic heterocycles. The lowest BCUT2D eigenvalue weighted by atomic mass is 9.91. The first kappa shape index (κ1) is 20.0. The van der Waals surface area contributed by atoms with Gasteiger partial charge in [-0.05, 0) is 48.1 Å². The number of halogens is 3. The number of carbonyl (C=O) groups is 1. The first-order valence-electron chi connectivity index (χ1n) is 9.68. The molecule has 2 atom stereocenters. The molecule has 7 heteroatoms. The maximum Gasteiger partial charge on any atom is 0.416 e. The molecule has 154 valence electrons. The van der Waals surface area contributed by atoms with Gasteiger partial charge in [0.2, 0.25) is 0 Å². The van der Waals surface area contributed by atoms with Crippen LogP contribution in [0.25, 0.3) is 5.57 Å². The third-order valence-corrected chi connectivity index (χ3v) is 5.62. The van der Waals surface area contributed by atoms with E-state index in [1.807, 2.05) is 42.5 Å². The smallest absolute Gasteiger partial charge is 0.416 e. The van der Waals surface area contributed by atoms with Gasteiger partial charge in [0.1, 0.15) is 6.61 Å². The minimum Gasteiger partial charge on any atom is -0.445 e. The van der Waals surface area contributed by atoms with Crippen molar-refractivity contribution < 1.29 is 22.7 Å². The van der Waals surface area contributed by atoms with Gasteiger partial charge >= 0.3 is 12.3 Å². The highest BCUT2D eigenvalue weighted by molar-refractivity contribution is 5.77. The summed E-state index contributed by atoms with van der Waals surface area (Å²) < 4.78 is 44.4. The first-order chi connectivity index (χ1) is 14.4. The number of nitrogens with zero attached hydrogens (tertiary/aromatic N) is 2. The topological polar surface area (TPSA) is 53.3 Å². The maximum absolute atomic E-state index is 13.0. The van der Waals surface area contributed by atoms with E-state index in [9.17, 15) is 23.2 Å². The molecule has 2 aliphatic rings. The number of rotatable bonds is 3. The first-order valence-corrected chi connectivity index (χ1v) is 9.68. The summed E-state index contributed by atoms with van der Waals surface area (Å²) in [6.07, 6.45) is -0.975. The molecule has 0 radical (unpaired) electrons. The largest absolute Gasteiger partial charge is 0.445 e. The van der Waals surface area contributed by atoms with E-state index in [1.54, 1.807) is 4.90 Å². The standard InChI is InChI=1S/C23H19F3N2O2/c24-23(25,26)18-6-9-21(17(10-18)13-27)16-11-19-7-8-20(12-16)28(19)22(29)30-14-15-4-2-1-3-5-15/h1-6,9-11,19-20H,7-8,12,14H2. The lowest BCUT2D eigenvalue weighted by molar-refractivity contribution is -0.137. The van der Waals surface area contributed by atoms with Gasteiger partial charge in [-0.15, -0.1) is 0 Å². The Kier molecular flexibility index (Phi) is 5.25. The molecule has 0 aliphatic carbocycles. The second kappa shape index (κ2) is 7.86. The van der Waals surface area contributed by atoms with Crippen molar-refractivity contribution in [1.29, 1.82) is 5.26 Å². The number of fused-ring (bicyclic) bond motifs is 2. The van der Waals surface area contributed by atoms with E-state index >= 15 is 0 Å². The highest BCUT2D eigenvalue weighted by atomic mass is 19.4. The second-order valence-corrected chi connectivity index (χ2v) is 7.51. The molecule has 0 spiro atoms. The fraction of sp³-hybridized carbons (Fsp3) is 0.304. The molecule has 0 saturated carbocycles. The zero-order valence-corrected chi connectivity index (χ0v) is 16.0. The SMILES string of the molecule is N#Cc1cc(C(F)(F)F)ccc1C1=CC2CCC(C1)N2C(=O)OCc1ccccc1. The number of benzene rings is 2. The predicted molar refractivity (Wildman–Crippen MR) is 104 cm³/mol. The zero-order valence-electron chi connectivity index (χ0n) is 16.0. The quantitative estimate of drug-likeness (QED) is 0.666. The average molecular weight is 412 g/mol. The van der Waals surface area contributed by atoms with Crippen LogP contribution in [0.15, 0.2) is 54.6 Å². The highest BCUT2D eigenvalue weighted by Crippen LogP contribution is 2.40. The third kappa shape index (κ3) is 3.90. The van der Waals surface area contributed by atoms with Gasteiger partial charge in [-0.3, -0.25) is 4.90 Å². The van der Waals surface area contributed by atoms with Crippen molar-refractivity contribution in [3.05, 3.63) is 76.9 Å². The molecule has 2 aromatic carbocycles. The van der Waals surface area contributed by atoms with Crippen LogP contribution in [0.5, 0.6) is 0 Å². The molecule has 4 nitrogen and oxygen atoms in total. The number of amides is 1. The Labute approximate surface area is 172 Å². The lowest BCUT2D eigenvalue weighted by Gasteiger charge is -2.33. The summed E-state index contributed by atoms with van der Waals surface area (Å²) in [6.45, 7) is 0.184. The van der Waals surface area contributed by atoms with Gasteiger partial charge in [0.25, 0.3) is 0 Å². The Morgan fingerprint density at radius 2 is 1.93 bits per heavy atom. The minimum absolute atomic E-state index is 0.00409. The molecule has 1 saturated heterocycles. The van der Waals surface area contributed by atoms with Crippen molar-refractivity contribution in [3.8, 4) is 6.07 Å². The Morgan fingerprint density at radius 1 is 1.17 bits per heavy atom. The van der Waals surface area contributed by atoms with Crippen LogP contribution < -0.4 is 0 Å². The van der Waals surface area contributed by atoms with E-state index in [0.717, 1.165) is 36.1 Å². The van der Waals surface area contributed by atoms with Gasteiger partial charge in [-0.1, -0.05) is 42.5 Å². The normalized spacial score (nSPS) is 20.5. The van der Waals surface area contributed by atoms with E-state index in [0.29, 0.717) is 12.0 Å². The van der Waals surface area contributed by atoms with E-state index < -0.39 is 17.8 Å². The Morgan fingerprint density at radius 3 is 2.60 bits per heavy atom. The van der Waals surface area contributed by atoms with Crippen molar-refractivity contribution in [2.45, 2.75) is 44.1 Å². The summed E-state index contributed by atoms with van der Waals surface area (Å²) in [4.78, 5) is 14.4. The summed E-state index contributed by atoms with van der Waals surface area (Å²) in [6, 6.07) is 14.2. The molecule has 2 unspecified atom stereocenters. The molecule has 4 rings (SSSR count). The van der Waals surface area contributed by atoms with Crippen LogP contribution in [0.1, 0.15) is 41.5 Å². The van der Waals surface area contributed by atoms with Gasteiger partial charge in [-0.2, -0.15) is 18.4 Å². The number of alkyl halides is 3. The van der Waals surface area contributed by atoms with Crippen molar-refractivity contribution in [2.24, 2.45) is 0 Å². The van der Waals surface area contributed by atoms with Crippen LogP contribution in [-0.2, 0) is 17.5 Å². The average Bonchev–Trinajstić information content (AvgIpc) is 3.01. The number of nitriles is 1. The van der Waals surface area contributed by atoms with Crippen LogP contribution in [-0.4, -0.2) is 23.1 Å². The predicted octanol–water partition coefficient (Wildman–Crippen LogP) is 5.53. The number of ether oxygens (including phenoxy) is 1. The molecule has 1 amide bonds. The van der Waals surface area contributed by atoms with Crippen molar-refractivity contribution in [2.75, 3.05) is 0 Å². The molecule has 2 heterocycles. The van der Waals surface area contributed by atoms with E-state index in [4.69, 9.17) is 4.74 Å². The van der Waals surface area contributed by atoms with Crippen molar-refractivity contribution in [1.82, 2.24) is 4.90 Å². The molecule has 2 bridgehead atoms. The number of hydrogen-bond acceptors (Lipinski definition) is 3. The van der Waals surface area contributed by atoms with Crippen LogP contribution >= 0.6 is 0 Å². The molecule has 0 aromatic heterocycles. The summed E-state index contributed by atoms with van der Waals surface area (Å²) in [5.41, 5.74) is 1.36. The van der Waals surface area contributed by atoms with Crippen LogP contribution in [0.4, 0.5) is 18.0 Å². The van der Waals surface area contributed by atoms with Crippen LogP contribution in [0.2, 0.25) is 0 Å². The minimum atomic E-state index is -4.50. The number of carbonyl (C=O) groups excluding carboxylic acids is 1. The number of hydrogen-bond donors (Lipinski definition) is 0. The molecule has 0 N–H and O–H groups in total. The van der Waals surface area contributed by atoms with Gasteiger partial charge in [-0.25, -0.2) is 4.79 Å². The fourth-order valence-electron chi connectivity index (χ4n) is 4.20. The van der Waals surface area contributed by atoms with Gasteiger partial charge < -0.3 is 4.74 Å². The summed E-state index contributed by atoms with van der Waals surface area (Å²) >= 11 is 0. The molecule has 2 aromatic rings. The lowest BCUT2D eigenvalue weighted by Crippen LogP contribution is -2.43. The van der Waals surface area contributed by atoms with E-state index in [-0.39, 0.29) is 24.3 Å². The fourth-order valence-corrected chi connectivity index (χ4v) is 4.20. The highest BCUT2D eigenvalue weighted by Gasteiger charge is 2.41. The summed E-state index contributed by atoms with van der Waals surface area (Å²) in [5.74, 6) is 0. The molecular formula is C23H19F3N2O2. The van der Waals surface area contributed by atoms with Crippen molar-refractivity contribution >= 4 is 11.7 Å². The summed E-state index contributed by atoms with van der Waals surface area (Å²) in [5, 5.41) is 9.38. The maximum atomic E-state index is 13.0. The molecular weight excluding hydrogens is 393 g/mol. The van der Waals surface area contributed by atoms with Gasteiger partial charge in [0.05, 0.1) is 23.2 Å². The Hall–Kier alpha value is -3.27. The van der Waals surface area contributed by atoms with Gasteiger partial charge in [0.15, 0.2) is 0 Å². The van der Waals surface area contributed by atoms with E-state index in [2.05, 4.69) is 0 Å². The van der Waals surface area contributed by atoms with E-state index in [1.165, 1.54) is 6.07 Å². The van der Waals surface area contributed by atoms with Gasteiger partial charge in [0, 0.05) is 6.04 Å². The molecule has 30 heavy (non-hydrogen) atoms. The summed E-state index contributed by atoms with van der Waals surface area (Å²) in [7, 11) is 0. The van der Waals surface area contributed by atoms with Crippen LogP contribution in [0, 0.1) is 11.3 Å². The second-order valence-electron chi connectivity index (χ2n) is 7.51. The molecule has 1 fully saturated rings. The van der Waals surface area contributed by atoms with Crippen molar-refractivity contribution in [3.63, 3.8) is 0 Å². The Balaban J connectivity index is 1.53. The zero-order chi connectivity index (χ0) is 21.3. The monoisotopic (exact) mass is 412 g/mol. The third-order valence-electron chi connectivity index (χ3n) is 5.62.